The average Bonchev–Trinajstić information content (AvgIpc) is 2.31. The quantitative estimate of drug-likeness (QED) is 0.876. The third-order valence-corrected chi connectivity index (χ3v) is 3.82. The van der Waals surface area contributed by atoms with Gasteiger partial charge in [-0.3, -0.25) is 4.79 Å². The fourth-order valence-electron chi connectivity index (χ4n) is 1.64. The largest absolute Gasteiger partial charge is 0.329 e. The molecule has 0 amide bonds. The zero-order chi connectivity index (χ0) is 13.1. The van der Waals surface area contributed by atoms with Crippen LogP contribution in [0.15, 0.2) is 18.2 Å². The predicted molar refractivity (Wildman–Crippen MR) is 72.4 cm³/mol. The van der Waals surface area contributed by atoms with Gasteiger partial charge in [0.2, 0.25) is 0 Å². The molecule has 0 saturated carbocycles. The molecule has 2 nitrogen and oxygen atoms in total. The molecule has 0 radical (unpaired) electrons. The zero-order valence-electron chi connectivity index (χ0n) is 10.7. The fraction of sp³-hybridized carbons (Fsp3) is 0.500. The van der Waals surface area contributed by atoms with Gasteiger partial charge in [-0.2, -0.15) is 0 Å². The molecule has 0 aliphatic rings. The minimum absolute atomic E-state index is 0.160. The van der Waals surface area contributed by atoms with Crippen LogP contribution in [-0.2, 0) is 11.2 Å². The molecule has 0 aliphatic heterocycles. The van der Waals surface area contributed by atoms with Gasteiger partial charge < -0.3 is 5.73 Å². The number of carbonyl (C=O) groups excluding carboxylic acids is 1. The van der Waals surface area contributed by atoms with Gasteiger partial charge in [0.15, 0.2) is 0 Å². The van der Waals surface area contributed by atoms with Crippen LogP contribution in [0.4, 0.5) is 0 Å². The standard InChI is InChI=1S/C14H20ClNO/c1-4-14(3,9-16)13(17)8-11-6-5-10(2)7-12(11)15/h5-7H,4,8-9,16H2,1-3H3. The molecule has 0 bridgehead atoms. The van der Waals surface area contributed by atoms with Crippen LogP contribution in [0.3, 0.4) is 0 Å². The molecule has 3 heteroatoms. The highest BCUT2D eigenvalue weighted by atomic mass is 35.5. The van der Waals surface area contributed by atoms with Gasteiger partial charge in [-0.25, -0.2) is 0 Å². The second-order valence-corrected chi connectivity index (χ2v) is 5.22. The summed E-state index contributed by atoms with van der Waals surface area (Å²) in [7, 11) is 0. The highest BCUT2D eigenvalue weighted by molar-refractivity contribution is 6.31. The van der Waals surface area contributed by atoms with Crippen LogP contribution < -0.4 is 5.73 Å². The molecule has 0 saturated heterocycles. The summed E-state index contributed by atoms with van der Waals surface area (Å²) in [5, 5.41) is 0.661. The molecule has 0 spiro atoms. The highest BCUT2D eigenvalue weighted by Gasteiger charge is 2.29. The predicted octanol–water partition coefficient (Wildman–Crippen LogP) is 3.14. The first-order valence-electron chi connectivity index (χ1n) is 5.91. The highest BCUT2D eigenvalue weighted by Crippen LogP contribution is 2.25. The van der Waals surface area contributed by atoms with Gasteiger partial charge in [0.05, 0.1) is 0 Å². The second-order valence-electron chi connectivity index (χ2n) is 4.81. The molecule has 0 aromatic heterocycles. The Labute approximate surface area is 108 Å². The maximum atomic E-state index is 12.2. The molecule has 2 N–H and O–H groups in total. The van der Waals surface area contributed by atoms with E-state index in [9.17, 15) is 4.79 Å². The first-order chi connectivity index (χ1) is 7.92. The van der Waals surface area contributed by atoms with Gasteiger partial charge in [-0.05, 0) is 30.5 Å². The Morgan fingerprint density at radius 3 is 2.59 bits per heavy atom. The van der Waals surface area contributed by atoms with Crippen molar-refractivity contribution in [3.63, 3.8) is 0 Å². The molecular formula is C14H20ClNO. The smallest absolute Gasteiger partial charge is 0.144 e. The van der Waals surface area contributed by atoms with Crippen molar-refractivity contribution in [1.82, 2.24) is 0 Å². The van der Waals surface area contributed by atoms with Gasteiger partial charge in [0, 0.05) is 23.4 Å². The number of aryl methyl sites for hydroxylation is 1. The molecule has 0 heterocycles. The van der Waals surface area contributed by atoms with E-state index in [1.165, 1.54) is 0 Å². The van der Waals surface area contributed by atoms with E-state index in [1.54, 1.807) is 0 Å². The molecule has 1 unspecified atom stereocenters. The van der Waals surface area contributed by atoms with Crippen molar-refractivity contribution in [1.29, 1.82) is 0 Å². The summed E-state index contributed by atoms with van der Waals surface area (Å²) < 4.78 is 0. The van der Waals surface area contributed by atoms with Crippen molar-refractivity contribution in [3.8, 4) is 0 Å². The third kappa shape index (κ3) is 3.30. The van der Waals surface area contributed by atoms with E-state index in [0.717, 1.165) is 17.5 Å². The van der Waals surface area contributed by atoms with E-state index in [1.807, 2.05) is 39.0 Å². The minimum Gasteiger partial charge on any atom is -0.329 e. The number of nitrogens with two attached hydrogens (primary N) is 1. The average molecular weight is 254 g/mol. The molecule has 1 rings (SSSR count). The molecule has 0 fully saturated rings. The Bertz CT molecular complexity index is 411. The van der Waals surface area contributed by atoms with Crippen molar-refractivity contribution in [2.75, 3.05) is 6.54 Å². The van der Waals surface area contributed by atoms with Gasteiger partial charge in [-0.15, -0.1) is 0 Å². The normalized spacial score (nSPS) is 14.4. The Hall–Kier alpha value is -0.860. The summed E-state index contributed by atoms with van der Waals surface area (Å²) in [6.07, 6.45) is 1.12. The Kier molecular flexibility index (Phi) is 4.72. The zero-order valence-corrected chi connectivity index (χ0v) is 11.5. The van der Waals surface area contributed by atoms with Crippen LogP contribution in [0.2, 0.25) is 5.02 Å². The minimum atomic E-state index is -0.436. The molecule has 94 valence electrons. The van der Waals surface area contributed by atoms with E-state index in [4.69, 9.17) is 17.3 Å². The monoisotopic (exact) mass is 253 g/mol. The number of hydrogen-bond acceptors (Lipinski definition) is 2. The molecule has 1 aromatic carbocycles. The summed E-state index contributed by atoms with van der Waals surface area (Å²) in [5.41, 5.74) is 7.23. The van der Waals surface area contributed by atoms with Gasteiger partial charge in [0.1, 0.15) is 5.78 Å². The maximum absolute atomic E-state index is 12.2. The topological polar surface area (TPSA) is 43.1 Å². The van der Waals surface area contributed by atoms with E-state index in [0.29, 0.717) is 18.0 Å². The van der Waals surface area contributed by atoms with E-state index >= 15 is 0 Å². The van der Waals surface area contributed by atoms with E-state index in [2.05, 4.69) is 0 Å². The maximum Gasteiger partial charge on any atom is 0.144 e. The lowest BCUT2D eigenvalue weighted by atomic mass is 9.80. The first kappa shape index (κ1) is 14.2. The van der Waals surface area contributed by atoms with E-state index < -0.39 is 5.41 Å². The van der Waals surface area contributed by atoms with Crippen LogP contribution in [0, 0.1) is 12.3 Å². The molecule has 0 aliphatic carbocycles. The number of rotatable bonds is 5. The number of benzene rings is 1. The van der Waals surface area contributed by atoms with E-state index in [-0.39, 0.29) is 5.78 Å². The third-order valence-electron chi connectivity index (χ3n) is 3.46. The van der Waals surface area contributed by atoms with Crippen molar-refractivity contribution in [2.24, 2.45) is 11.1 Å². The summed E-state index contributed by atoms with van der Waals surface area (Å²) >= 11 is 6.13. The van der Waals surface area contributed by atoms with Crippen molar-refractivity contribution in [3.05, 3.63) is 34.3 Å². The van der Waals surface area contributed by atoms with Crippen molar-refractivity contribution in [2.45, 2.75) is 33.6 Å². The summed E-state index contributed by atoms with van der Waals surface area (Å²) in [6.45, 7) is 6.26. The van der Waals surface area contributed by atoms with Crippen molar-refractivity contribution >= 4 is 17.4 Å². The number of Topliss-reactive ketones (excluding diaryl/α,β-unsaturated/α-hetero) is 1. The van der Waals surface area contributed by atoms with Crippen molar-refractivity contribution < 1.29 is 4.79 Å². The molecule has 17 heavy (non-hydrogen) atoms. The number of hydrogen-bond donors (Lipinski definition) is 1. The molecular weight excluding hydrogens is 234 g/mol. The lowest BCUT2D eigenvalue weighted by Crippen LogP contribution is -2.36. The van der Waals surface area contributed by atoms with Crippen LogP contribution in [0.25, 0.3) is 0 Å². The molecule has 1 atom stereocenters. The number of carbonyl (C=O) groups is 1. The second kappa shape index (κ2) is 5.65. The fourth-order valence-corrected chi connectivity index (χ4v) is 1.94. The Balaban J connectivity index is 2.88. The molecule has 1 aromatic rings. The van der Waals surface area contributed by atoms with Gasteiger partial charge in [-0.1, -0.05) is 37.6 Å². The summed E-state index contributed by atoms with van der Waals surface area (Å²) in [4.78, 5) is 12.2. The Morgan fingerprint density at radius 1 is 1.47 bits per heavy atom. The van der Waals surface area contributed by atoms with Gasteiger partial charge in [0.25, 0.3) is 0 Å². The first-order valence-corrected chi connectivity index (χ1v) is 6.29. The summed E-state index contributed by atoms with van der Waals surface area (Å²) in [6, 6.07) is 5.78. The summed E-state index contributed by atoms with van der Waals surface area (Å²) in [5.74, 6) is 0.160. The number of halogens is 1. The number of ketones is 1. The van der Waals surface area contributed by atoms with Gasteiger partial charge >= 0.3 is 0 Å². The van der Waals surface area contributed by atoms with Crippen LogP contribution in [0.5, 0.6) is 0 Å². The lowest BCUT2D eigenvalue weighted by Gasteiger charge is -2.24. The van der Waals surface area contributed by atoms with Crippen LogP contribution in [-0.4, -0.2) is 12.3 Å². The lowest BCUT2D eigenvalue weighted by molar-refractivity contribution is -0.126. The van der Waals surface area contributed by atoms with Crippen LogP contribution in [0.1, 0.15) is 31.4 Å². The van der Waals surface area contributed by atoms with Crippen LogP contribution >= 0.6 is 11.6 Å². The Morgan fingerprint density at radius 2 is 2.12 bits per heavy atom. The SMILES string of the molecule is CCC(C)(CN)C(=O)Cc1ccc(C)cc1Cl.